The van der Waals surface area contributed by atoms with Crippen LogP contribution in [0.3, 0.4) is 0 Å². The highest BCUT2D eigenvalue weighted by atomic mass is 35.5. The molecule has 0 spiro atoms. The largest absolute Gasteiger partial charge is 0.456 e. The van der Waals surface area contributed by atoms with E-state index in [0.29, 0.717) is 12.3 Å². The summed E-state index contributed by atoms with van der Waals surface area (Å²) < 4.78 is 18.5. The quantitative estimate of drug-likeness (QED) is 0.784. The van der Waals surface area contributed by atoms with Crippen LogP contribution >= 0.6 is 11.6 Å². The summed E-state index contributed by atoms with van der Waals surface area (Å²) >= 11 is 5.63. The lowest BCUT2D eigenvalue weighted by molar-refractivity contribution is -0.147. The molecule has 0 radical (unpaired) electrons. The van der Waals surface area contributed by atoms with Crippen molar-refractivity contribution >= 4 is 29.2 Å². The summed E-state index contributed by atoms with van der Waals surface area (Å²) in [6, 6.07) is 3.93. The molecule has 126 valence electrons. The SMILES string of the molecule is O=C(COC(=O)CCC1CCCCC1)Nc1ccc(Cl)cc1F. The Balaban J connectivity index is 1.68. The molecule has 1 fully saturated rings. The van der Waals surface area contributed by atoms with Gasteiger partial charge in [-0.25, -0.2) is 4.39 Å². The van der Waals surface area contributed by atoms with Crippen molar-refractivity contribution in [1.29, 1.82) is 0 Å². The fourth-order valence-electron chi connectivity index (χ4n) is 2.79. The van der Waals surface area contributed by atoms with Crippen LogP contribution in [0, 0.1) is 11.7 Å². The van der Waals surface area contributed by atoms with Gasteiger partial charge in [0.15, 0.2) is 6.61 Å². The van der Waals surface area contributed by atoms with Crippen LogP contribution in [-0.4, -0.2) is 18.5 Å². The lowest BCUT2D eigenvalue weighted by Gasteiger charge is -2.20. The summed E-state index contributed by atoms with van der Waals surface area (Å²) in [5, 5.41) is 2.59. The zero-order chi connectivity index (χ0) is 16.7. The minimum atomic E-state index is -0.630. The monoisotopic (exact) mass is 341 g/mol. The third-order valence-corrected chi connectivity index (χ3v) is 4.29. The molecule has 1 aromatic carbocycles. The molecule has 1 N–H and O–H groups in total. The summed E-state index contributed by atoms with van der Waals surface area (Å²) in [5.74, 6) is -0.998. The van der Waals surface area contributed by atoms with Crippen LogP contribution in [0.4, 0.5) is 10.1 Å². The van der Waals surface area contributed by atoms with E-state index < -0.39 is 18.3 Å². The van der Waals surface area contributed by atoms with Gasteiger partial charge in [0.2, 0.25) is 0 Å². The van der Waals surface area contributed by atoms with E-state index in [1.807, 2.05) is 0 Å². The van der Waals surface area contributed by atoms with Crippen molar-refractivity contribution in [2.45, 2.75) is 44.9 Å². The topological polar surface area (TPSA) is 55.4 Å². The van der Waals surface area contributed by atoms with Gasteiger partial charge in [0, 0.05) is 11.4 Å². The van der Waals surface area contributed by atoms with E-state index in [9.17, 15) is 14.0 Å². The minimum absolute atomic E-state index is 0.0117. The summed E-state index contributed by atoms with van der Waals surface area (Å²) in [7, 11) is 0. The van der Waals surface area contributed by atoms with Crippen molar-refractivity contribution in [2.75, 3.05) is 11.9 Å². The molecule has 2 rings (SSSR count). The Labute approximate surface area is 140 Å². The summed E-state index contributed by atoms with van der Waals surface area (Å²) in [4.78, 5) is 23.3. The van der Waals surface area contributed by atoms with Crippen molar-refractivity contribution in [3.63, 3.8) is 0 Å². The zero-order valence-corrected chi connectivity index (χ0v) is 13.7. The first-order chi connectivity index (χ1) is 11.0. The number of nitrogens with one attached hydrogen (secondary N) is 1. The molecule has 23 heavy (non-hydrogen) atoms. The normalized spacial score (nSPS) is 15.2. The maximum Gasteiger partial charge on any atom is 0.306 e. The van der Waals surface area contributed by atoms with Crippen LogP contribution in [0.2, 0.25) is 5.02 Å². The predicted octanol–water partition coefficient (Wildman–Crippen LogP) is 4.32. The van der Waals surface area contributed by atoms with Crippen molar-refractivity contribution in [1.82, 2.24) is 0 Å². The predicted molar refractivity (Wildman–Crippen MR) is 86.8 cm³/mol. The Morgan fingerprint density at radius 3 is 2.70 bits per heavy atom. The maximum atomic E-state index is 13.5. The highest BCUT2D eigenvalue weighted by molar-refractivity contribution is 6.30. The van der Waals surface area contributed by atoms with Gasteiger partial charge in [0.05, 0.1) is 5.69 Å². The highest BCUT2D eigenvalue weighted by Gasteiger charge is 2.16. The Bertz CT molecular complexity index is 559. The van der Waals surface area contributed by atoms with Crippen molar-refractivity contribution in [3.8, 4) is 0 Å². The fraction of sp³-hybridized carbons (Fsp3) is 0.529. The fourth-order valence-corrected chi connectivity index (χ4v) is 2.95. The van der Waals surface area contributed by atoms with Crippen LogP contribution in [-0.2, 0) is 14.3 Å². The number of hydrogen-bond acceptors (Lipinski definition) is 3. The number of amides is 1. The Kier molecular flexibility index (Phi) is 6.84. The van der Waals surface area contributed by atoms with Crippen LogP contribution in [0.1, 0.15) is 44.9 Å². The smallest absolute Gasteiger partial charge is 0.306 e. The molecule has 0 saturated heterocycles. The maximum absolute atomic E-state index is 13.5. The van der Waals surface area contributed by atoms with Gasteiger partial charge < -0.3 is 10.1 Å². The molecule has 1 aliphatic carbocycles. The second kappa shape index (κ2) is 8.87. The van der Waals surface area contributed by atoms with Crippen molar-refractivity contribution < 1.29 is 18.7 Å². The first-order valence-corrected chi connectivity index (χ1v) is 8.33. The highest BCUT2D eigenvalue weighted by Crippen LogP contribution is 2.27. The first kappa shape index (κ1) is 17.7. The third kappa shape index (κ3) is 6.18. The molecule has 1 aliphatic rings. The average Bonchev–Trinajstić information content (AvgIpc) is 2.54. The van der Waals surface area contributed by atoms with Gasteiger partial charge in [0.1, 0.15) is 5.82 Å². The van der Waals surface area contributed by atoms with Crippen LogP contribution in [0.15, 0.2) is 18.2 Å². The van der Waals surface area contributed by atoms with Crippen molar-refractivity contribution in [2.24, 2.45) is 5.92 Å². The number of hydrogen-bond donors (Lipinski definition) is 1. The van der Waals surface area contributed by atoms with Crippen LogP contribution in [0.25, 0.3) is 0 Å². The number of anilines is 1. The van der Waals surface area contributed by atoms with E-state index in [4.69, 9.17) is 16.3 Å². The summed E-state index contributed by atoms with van der Waals surface area (Å²) in [6.45, 7) is -0.411. The van der Waals surface area contributed by atoms with Gasteiger partial charge in [-0.05, 0) is 30.5 Å². The zero-order valence-electron chi connectivity index (χ0n) is 12.9. The minimum Gasteiger partial charge on any atom is -0.456 e. The van der Waals surface area contributed by atoms with Crippen LogP contribution in [0.5, 0.6) is 0 Å². The first-order valence-electron chi connectivity index (χ1n) is 7.95. The Morgan fingerprint density at radius 2 is 2.00 bits per heavy atom. The Morgan fingerprint density at radius 1 is 1.26 bits per heavy atom. The van der Waals surface area contributed by atoms with Gasteiger partial charge in [-0.1, -0.05) is 43.7 Å². The van der Waals surface area contributed by atoms with Gasteiger partial charge in [-0.2, -0.15) is 0 Å². The summed E-state index contributed by atoms with van der Waals surface area (Å²) in [5.41, 5.74) is 0.0117. The molecule has 1 saturated carbocycles. The van der Waals surface area contributed by atoms with Gasteiger partial charge in [-0.3, -0.25) is 9.59 Å². The van der Waals surface area contributed by atoms with Gasteiger partial charge in [0.25, 0.3) is 5.91 Å². The van der Waals surface area contributed by atoms with E-state index in [0.717, 1.165) is 12.5 Å². The van der Waals surface area contributed by atoms with Crippen LogP contribution < -0.4 is 5.32 Å². The number of carbonyl (C=O) groups is 2. The molecular formula is C17H21ClFNO3. The number of rotatable bonds is 6. The number of benzene rings is 1. The summed E-state index contributed by atoms with van der Waals surface area (Å²) in [6.07, 6.45) is 7.22. The van der Waals surface area contributed by atoms with E-state index in [1.54, 1.807) is 0 Å². The van der Waals surface area contributed by atoms with Gasteiger partial charge >= 0.3 is 5.97 Å². The lowest BCUT2D eigenvalue weighted by Crippen LogP contribution is -2.21. The van der Waals surface area contributed by atoms with Crippen molar-refractivity contribution in [3.05, 3.63) is 29.0 Å². The Hall–Kier alpha value is -1.62. The van der Waals surface area contributed by atoms with E-state index in [1.165, 1.54) is 44.2 Å². The number of esters is 1. The molecule has 0 heterocycles. The molecule has 0 aromatic heterocycles. The molecule has 6 heteroatoms. The molecule has 0 unspecified atom stereocenters. The lowest BCUT2D eigenvalue weighted by atomic mass is 9.86. The number of carbonyl (C=O) groups excluding carboxylic acids is 2. The van der Waals surface area contributed by atoms with E-state index in [2.05, 4.69) is 5.32 Å². The van der Waals surface area contributed by atoms with E-state index in [-0.39, 0.29) is 16.7 Å². The third-order valence-electron chi connectivity index (χ3n) is 4.05. The molecule has 0 bridgehead atoms. The molecule has 0 atom stereocenters. The number of ether oxygens (including phenoxy) is 1. The standard InChI is InChI=1S/C17H21ClFNO3/c18-13-7-8-15(14(19)10-13)20-16(21)11-23-17(22)9-6-12-4-2-1-3-5-12/h7-8,10,12H,1-6,9,11H2,(H,20,21). The average molecular weight is 342 g/mol. The second-order valence-corrected chi connectivity index (χ2v) is 6.31. The van der Waals surface area contributed by atoms with E-state index >= 15 is 0 Å². The molecular weight excluding hydrogens is 321 g/mol. The number of halogens is 2. The molecule has 1 amide bonds. The molecule has 1 aromatic rings. The molecule has 4 nitrogen and oxygen atoms in total. The second-order valence-electron chi connectivity index (χ2n) is 5.88. The van der Waals surface area contributed by atoms with Gasteiger partial charge in [-0.15, -0.1) is 0 Å². The molecule has 0 aliphatic heterocycles.